The highest BCUT2D eigenvalue weighted by Crippen LogP contribution is 2.41. The van der Waals surface area contributed by atoms with Crippen molar-refractivity contribution in [2.75, 3.05) is 0 Å². The van der Waals surface area contributed by atoms with Gasteiger partial charge in [-0.15, -0.1) is 0 Å². The molecule has 0 amide bonds. The van der Waals surface area contributed by atoms with E-state index in [1.54, 1.807) is 6.07 Å². The molecule has 0 aliphatic rings. The van der Waals surface area contributed by atoms with E-state index in [1.165, 1.54) is 42.5 Å². The highest BCUT2D eigenvalue weighted by Gasteiger charge is 2.17. The van der Waals surface area contributed by atoms with Gasteiger partial charge >= 0.3 is 0 Å². The Labute approximate surface area is 139 Å². The van der Waals surface area contributed by atoms with Gasteiger partial charge < -0.3 is 10.2 Å². The van der Waals surface area contributed by atoms with E-state index in [0.717, 1.165) is 6.07 Å². The lowest BCUT2D eigenvalue weighted by Gasteiger charge is -2.12. The zero-order valence-corrected chi connectivity index (χ0v) is 13.3. The van der Waals surface area contributed by atoms with Crippen LogP contribution >= 0.6 is 15.9 Å². The fraction of sp³-hybridized carbons (Fsp3) is 0. The van der Waals surface area contributed by atoms with Gasteiger partial charge in [-0.05, 0) is 30.3 Å². The van der Waals surface area contributed by atoms with Crippen LogP contribution in [0.3, 0.4) is 0 Å². The minimum atomic E-state index is -0.534. The van der Waals surface area contributed by atoms with Gasteiger partial charge in [-0.3, -0.25) is 0 Å². The molecular weight excluding hydrogens is 366 g/mol. The second-order valence-corrected chi connectivity index (χ2v) is 5.91. The van der Waals surface area contributed by atoms with Crippen LogP contribution in [0.1, 0.15) is 0 Å². The normalized spacial score (nSPS) is 10.7. The molecule has 2 N–H and O–H groups in total. The zero-order chi connectivity index (χ0) is 16.6. The first-order valence-corrected chi connectivity index (χ1v) is 7.53. The van der Waals surface area contributed by atoms with Crippen molar-refractivity contribution in [1.82, 2.24) is 0 Å². The lowest BCUT2D eigenvalue weighted by Crippen LogP contribution is -1.90. The number of phenols is 2. The first kappa shape index (κ1) is 15.5. The fourth-order valence-electron chi connectivity index (χ4n) is 2.39. The molecule has 0 radical (unpaired) electrons. The zero-order valence-electron chi connectivity index (χ0n) is 11.7. The minimum absolute atomic E-state index is 0.148. The van der Waals surface area contributed by atoms with Crippen LogP contribution in [0.4, 0.5) is 8.78 Å². The lowest BCUT2D eigenvalue weighted by molar-refractivity contribution is 0.452. The molecule has 0 aliphatic carbocycles. The third-order valence-corrected chi connectivity index (χ3v) is 3.99. The van der Waals surface area contributed by atoms with Crippen molar-refractivity contribution in [2.24, 2.45) is 0 Å². The Morgan fingerprint density at radius 1 is 0.652 bits per heavy atom. The van der Waals surface area contributed by atoms with E-state index < -0.39 is 11.6 Å². The van der Waals surface area contributed by atoms with E-state index >= 15 is 0 Å². The summed E-state index contributed by atoms with van der Waals surface area (Å²) >= 11 is 3.25. The van der Waals surface area contributed by atoms with Crippen molar-refractivity contribution in [1.29, 1.82) is 0 Å². The molecule has 0 unspecified atom stereocenters. The maximum Gasteiger partial charge on any atom is 0.131 e. The van der Waals surface area contributed by atoms with Crippen LogP contribution in [0.5, 0.6) is 11.5 Å². The molecule has 0 saturated carbocycles. The van der Waals surface area contributed by atoms with E-state index in [2.05, 4.69) is 15.9 Å². The van der Waals surface area contributed by atoms with Crippen LogP contribution < -0.4 is 0 Å². The number of phenolic OH excluding ortho intramolecular Hbond substituents is 2. The molecule has 0 bridgehead atoms. The van der Waals surface area contributed by atoms with Crippen LogP contribution in [0, 0.1) is 11.6 Å². The Morgan fingerprint density at radius 2 is 1.26 bits per heavy atom. The van der Waals surface area contributed by atoms with Crippen molar-refractivity contribution in [3.05, 3.63) is 70.7 Å². The topological polar surface area (TPSA) is 40.5 Å². The highest BCUT2D eigenvalue weighted by molar-refractivity contribution is 9.10. The van der Waals surface area contributed by atoms with Gasteiger partial charge in [0.05, 0.1) is 0 Å². The number of rotatable bonds is 2. The number of halogens is 3. The Hall–Kier alpha value is -2.40. The summed E-state index contributed by atoms with van der Waals surface area (Å²) < 4.78 is 28.7. The van der Waals surface area contributed by atoms with E-state index in [0.29, 0.717) is 4.47 Å². The van der Waals surface area contributed by atoms with Crippen LogP contribution in [-0.2, 0) is 0 Å². The maximum absolute atomic E-state index is 14.1. The lowest BCUT2D eigenvalue weighted by atomic mass is 9.96. The molecule has 0 saturated heterocycles. The highest BCUT2D eigenvalue weighted by atomic mass is 79.9. The molecule has 0 aromatic heterocycles. The van der Waals surface area contributed by atoms with Gasteiger partial charge in [-0.1, -0.05) is 34.1 Å². The summed E-state index contributed by atoms with van der Waals surface area (Å²) in [5, 5.41) is 20.1. The monoisotopic (exact) mass is 376 g/mol. The van der Waals surface area contributed by atoms with Crippen LogP contribution in [0.15, 0.2) is 59.1 Å². The number of hydrogen-bond donors (Lipinski definition) is 2. The summed E-state index contributed by atoms with van der Waals surface area (Å²) in [6, 6.07) is 12.7. The third-order valence-electron chi connectivity index (χ3n) is 3.50. The summed E-state index contributed by atoms with van der Waals surface area (Å²) in [4.78, 5) is 0. The smallest absolute Gasteiger partial charge is 0.131 e. The summed E-state index contributed by atoms with van der Waals surface area (Å²) in [5.41, 5.74) is 0.659. The first-order valence-electron chi connectivity index (χ1n) is 6.73. The molecule has 3 rings (SSSR count). The predicted octanol–water partition coefficient (Wildman–Crippen LogP) is 5.47. The van der Waals surface area contributed by atoms with Gasteiger partial charge in [-0.25, -0.2) is 8.78 Å². The molecule has 0 aliphatic heterocycles. The second-order valence-electron chi connectivity index (χ2n) is 4.99. The second kappa shape index (κ2) is 6.01. The molecule has 23 heavy (non-hydrogen) atoms. The Bertz CT molecular complexity index is 894. The third kappa shape index (κ3) is 2.92. The van der Waals surface area contributed by atoms with Crippen molar-refractivity contribution >= 4 is 15.9 Å². The van der Waals surface area contributed by atoms with E-state index in [-0.39, 0.29) is 33.8 Å². The SMILES string of the molecule is Oc1cc(O)c(-c2cc(Br)ccc2F)cc1-c1ccccc1F. The summed E-state index contributed by atoms with van der Waals surface area (Å²) in [7, 11) is 0. The summed E-state index contributed by atoms with van der Waals surface area (Å²) in [6.45, 7) is 0. The van der Waals surface area contributed by atoms with E-state index in [9.17, 15) is 19.0 Å². The standard InChI is InChI=1S/C18H11BrF2O2/c19-10-5-6-16(21)12(7-10)14-8-13(17(22)9-18(14)23)11-3-1-2-4-15(11)20/h1-9,22-23H. The van der Waals surface area contributed by atoms with Crippen LogP contribution in [0.25, 0.3) is 22.3 Å². The van der Waals surface area contributed by atoms with Crippen LogP contribution in [0.2, 0.25) is 0 Å². The quantitative estimate of drug-likeness (QED) is 0.622. The first-order chi connectivity index (χ1) is 11.0. The number of hydrogen-bond acceptors (Lipinski definition) is 2. The van der Waals surface area contributed by atoms with Gasteiger partial charge in [0.25, 0.3) is 0 Å². The Kier molecular flexibility index (Phi) is 4.05. The largest absolute Gasteiger partial charge is 0.507 e. The van der Waals surface area contributed by atoms with E-state index in [1.807, 2.05) is 0 Å². The van der Waals surface area contributed by atoms with Crippen molar-refractivity contribution < 1.29 is 19.0 Å². The average Bonchev–Trinajstić information content (AvgIpc) is 2.51. The van der Waals surface area contributed by atoms with Gasteiger partial charge in [0, 0.05) is 32.8 Å². The Morgan fingerprint density at radius 3 is 1.96 bits per heavy atom. The van der Waals surface area contributed by atoms with E-state index in [4.69, 9.17) is 0 Å². The molecule has 0 atom stereocenters. The minimum Gasteiger partial charge on any atom is -0.507 e. The van der Waals surface area contributed by atoms with Gasteiger partial charge in [0.15, 0.2) is 0 Å². The molecular formula is C18H11BrF2O2. The summed E-state index contributed by atoms with van der Waals surface area (Å²) in [6.07, 6.45) is 0. The molecule has 3 aromatic carbocycles. The average molecular weight is 377 g/mol. The molecule has 0 fully saturated rings. The molecule has 116 valence electrons. The molecule has 0 heterocycles. The molecule has 0 spiro atoms. The number of benzene rings is 3. The fourth-order valence-corrected chi connectivity index (χ4v) is 2.75. The van der Waals surface area contributed by atoms with Crippen molar-refractivity contribution in [3.63, 3.8) is 0 Å². The van der Waals surface area contributed by atoms with Gasteiger partial charge in [0.2, 0.25) is 0 Å². The van der Waals surface area contributed by atoms with Gasteiger partial charge in [-0.2, -0.15) is 0 Å². The summed E-state index contributed by atoms with van der Waals surface area (Å²) in [5.74, 6) is -1.63. The van der Waals surface area contributed by atoms with Gasteiger partial charge in [0.1, 0.15) is 23.1 Å². The van der Waals surface area contributed by atoms with Crippen molar-refractivity contribution in [3.8, 4) is 33.8 Å². The number of aromatic hydroxyl groups is 2. The molecule has 5 heteroatoms. The predicted molar refractivity (Wildman–Crippen MR) is 88.3 cm³/mol. The maximum atomic E-state index is 14.1. The Balaban J connectivity index is 2.26. The molecule has 3 aromatic rings. The van der Waals surface area contributed by atoms with Crippen molar-refractivity contribution in [2.45, 2.75) is 0 Å². The van der Waals surface area contributed by atoms with Crippen LogP contribution in [-0.4, -0.2) is 10.2 Å². The molecule has 2 nitrogen and oxygen atoms in total.